The van der Waals surface area contributed by atoms with Crippen molar-refractivity contribution in [2.45, 2.75) is 58.4 Å². The van der Waals surface area contributed by atoms with Gasteiger partial charge in [0.05, 0.1) is 5.69 Å². The fraction of sp³-hybridized carbons (Fsp3) is 0.600. The molecule has 0 bridgehead atoms. The van der Waals surface area contributed by atoms with E-state index in [-0.39, 0.29) is 17.7 Å². The molecule has 0 unspecified atom stereocenters. The van der Waals surface area contributed by atoms with Gasteiger partial charge in [-0.1, -0.05) is 13.8 Å². The topological polar surface area (TPSA) is 113 Å². The van der Waals surface area contributed by atoms with Gasteiger partial charge in [-0.2, -0.15) is 0 Å². The highest BCUT2D eigenvalue weighted by Gasteiger charge is 2.31. The number of nitrogens with one attached hydrogen (secondary N) is 3. The Labute approximate surface area is 134 Å². The average Bonchev–Trinajstić information content (AvgIpc) is 3.32. The van der Waals surface area contributed by atoms with Gasteiger partial charge in [0.25, 0.3) is 0 Å². The van der Waals surface area contributed by atoms with E-state index in [0.717, 1.165) is 25.7 Å². The monoisotopic (exact) mass is 322 g/mol. The molecular weight excluding hydrogens is 300 g/mol. The Kier molecular flexibility index (Phi) is 5.36. The number of rotatable bonds is 5. The van der Waals surface area contributed by atoms with Gasteiger partial charge in [-0.25, -0.2) is 4.98 Å². The van der Waals surface area contributed by atoms with Gasteiger partial charge in [0, 0.05) is 12.0 Å². The second kappa shape index (κ2) is 7.26. The smallest absolute Gasteiger partial charge is 0.327 e. The number of carbonyl (C=O) groups is 3. The predicted molar refractivity (Wildman–Crippen MR) is 81.3 cm³/mol. The maximum Gasteiger partial charge on any atom is 0.327 e. The first-order valence-corrected chi connectivity index (χ1v) is 7.84. The first kappa shape index (κ1) is 17.0. The van der Waals surface area contributed by atoms with Crippen molar-refractivity contribution in [3.8, 4) is 0 Å². The third-order valence-electron chi connectivity index (χ3n) is 3.76. The zero-order chi connectivity index (χ0) is 17.0. The average molecular weight is 322 g/mol. The van der Waals surface area contributed by atoms with E-state index in [1.165, 1.54) is 0 Å². The van der Waals surface area contributed by atoms with Gasteiger partial charge >= 0.3 is 17.7 Å². The van der Waals surface area contributed by atoms with E-state index in [1.54, 1.807) is 6.92 Å². The SMILES string of the molecule is CCC(CC)NC(=O)C(=O)NNC(=O)c1oc(C2CC2)nc1C. The van der Waals surface area contributed by atoms with Crippen LogP contribution < -0.4 is 16.2 Å². The Bertz CT molecular complexity index is 603. The van der Waals surface area contributed by atoms with Crippen molar-refractivity contribution in [2.24, 2.45) is 0 Å². The van der Waals surface area contributed by atoms with Gasteiger partial charge in [0.15, 0.2) is 5.89 Å². The summed E-state index contributed by atoms with van der Waals surface area (Å²) in [6.07, 6.45) is 3.47. The molecule has 23 heavy (non-hydrogen) atoms. The molecule has 1 saturated carbocycles. The summed E-state index contributed by atoms with van der Waals surface area (Å²) < 4.78 is 5.42. The van der Waals surface area contributed by atoms with Gasteiger partial charge < -0.3 is 9.73 Å². The van der Waals surface area contributed by atoms with Crippen LogP contribution in [0.15, 0.2) is 4.42 Å². The fourth-order valence-corrected chi connectivity index (χ4v) is 2.10. The molecule has 126 valence electrons. The molecule has 1 aromatic rings. The van der Waals surface area contributed by atoms with Crippen LogP contribution in [0.4, 0.5) is 0 Å². The molecular formula is C15H22N4O4. The highest BCUT2D eigenvalue weighted by atomic mass is 16.4. The molecule has 0 saturated heterocycles. The van der Waals surface area contributed by atoms with Crippen molar-refractivity contribution in [1.29, 1.82) is 0 Å². The number of aryl methyl sites for hydroxylation is 1. The van der Waals surface area contributed by atoms with Crippen molar-refractivity contribution in [1.82, 2.24) is 21.2 Å². The number of carbonyl (C=O) groups excluding carboxylic acids is 3. The molecule has 3 N–H and O–H groups in total. The van der Waals surface area contributed by atoms with Crippen LogP contribution in [0.2, 0.25) is 0 Å². The molecule has 0 radical (unpaired) electrons. The molecule has 2 rings (SSSR count). The van der Waals surface area contributed by atoms with Crippen LogP contribution in [0, 0.1) is 6.92 Å². The number of amides is 3. The molecule has 0 spiro atoms. The highest BCUT2D eigenvalue weighted by molar-refractivity contribution is 6.35. The van der Waals surface area contributed by atoms with Crippen molar-refractivity contribution >= 4 is 17.7 Å². The van der Waals surface area contributed by atoms with Crippen molar-refractivity contribution < 1.29 is 18.8 Å². The molecule has 0 aliphatic heterocycles. The van der Waals surface area contributed by atoms with Crippen molar-refractivity contribution in [3.05, 3.63) is 17.3 Å². The quantitative estimate of drug-likeness (QED) is 0.551. The summed E-state index contributed by atoms with van der Waals surface area (Å²) in [4.78, 5) is 39.5. The zero-order valence-electron chi connectivity index (χ0n) is 13.6. The van der Waals surface area contributed by atoms with Crippen LogP contribution >= 0.6 is 0 Å². The second-order valence-electron chi connectivity index (χ2n) is 5.64. The first-order chi connectivity index (χ1) is 11.0. The maximum absolute atomic E-state index is 12.0. The van der Waals surface area contributed by atoms with E-state index in [1.807, 2.05) is 13.8 Å². The molecule has 0 atom stereocenters. The molecule has 0 aromatic carbocycles. The minimum atomic E-state index is -0.926. The normalized spacial score (nSPS) is 13.7. The number of oxazole rings is 1. The Hall–Kier alpha value is -2.38. The molecule has 1 aliphatic rings. The second-order valence-corrected chi connectivity index (χ2v) is 5.64. The molecule has 8 nitrogen and oxygen atoms in total. The van der Waals surface area contributed by atoms with E-state index < -0.39 is 17.7 Å². The van der Waals surface area contributed by atoms with E-state index in [9.17, 15) is 14.4 Å². The fourth-order valence-electron chi connectivity index (χ4n) is 2.10. The van der Waals surface area contributed by atoms with Crippen LogP contribution in [0.25, 0.3) is 0 Å². The minimum Gasteiger partial charge on any atom is -0.435 e. The Balaban J connectivity index is 1.86. The minimum absolute atomic E-state index is 0.0487. The lowest BCUT2D eigenvalue weighted by atomic mass is 10.2. The van der Waals surface area contributed by atoms with E-state index in [4.69, 9.17) is 4.42 Å². The molecule has 1 aromatic heterocycles. The highest BCUT2D eigenvalue weighted by Crippen LogP contribution is 2.39. The zero-order valence-corrected chi connectivity index (χ0v) is 13.6. The summed E-state index contributed by atoms with van der Waals surface area (Å²) in [5, 5.41) is 2.58. The van der Waals surface area contributed by atoms with Crippen molar-refractivity contribution in [2.75, 3.05) is 0 Å². The van der Waals surface area contributed by atoms with E-state index >= 15 is 0 Å². The van der Waals surface area contributed by atoms with Crippen LogP contribution in [0.3, 0.4) is 0 Å². The van der Waals surface area contributed by atoms with Crippen LogP contribution in [-0.2, 0) is 9.59 Å². The predicted octanol–water partition coefficient (Wildman–Crippen LogP) is 0.926. The Morgan fingerprint density at radius 3 is 2.39 bits per heavy atom. The van der Waals surface area contributed by atoms with Gasteiger partial charge in [0.1, 0.15) is 0 Å². The number of nitrogens with zero attached hydrogens (tertiary/aromatic N) is 1. The summed E-state index contributed by atoms with van der Waals surface area (Å²) in [5.41, 5.74) is 4.71. The third kappa shape index (κ3) is 4.30. The molecule has 1 fully saturated rings. The lowest BCUT2D eigenvalue weighted by Crippen LogP contribution is -2.50. The first-order valence-electron chi connectivity index (χ1n) is 7.84. The van der Waals surface area contributed by atoms with E-state index in [2.05, 4.69) is 21.2 Å². The van der Waals surface area contributed by atoms with Crippen LogP contribution in [0.1, 0.15) is 67.6 Å². The largest absolute Gasteiger partial charge is 0.435 e. The van der Waals surface area contributed by atoms with Gasteiger partial charge in [0.2, 0.25) is 5.76 Å². The summed E-state index contributed by atoms with van der Waals surface area (Å²) in [6.45, 7) is 5.49. The van der Waals surface area contributed by atoms with E-state index in [0.29, 0.717) is 11.6 Å². The lowest BCUT2D eigenvalue weighted by Gasteiger charge is -2.14. The van der Waals surface area contributed by atoms with Crippen LogP contribution in [-0.4, -0.2) is 28.7 Å². The molecule has 1 aliphatic carbocycles. The van der Waals surface area contributed by atoms with Gasteiger partial charge in [-0.05, 0) is 32.6 Å². The maximum atomic E-state index is 12.0. The van der Waals surface area contributed by atoms with Crippen molar-refractivity contribution in [3.63, 3.8) is 0 Å². The number of aromatic nitrogens is 1. The van der Waals surface area contributed by atoms with Crippen LogP contribution in [0.5, 0.6) is 0 Å². The molecule has 1 heterocycles. The molecule has 3 amide bonds. The number of hydrogen-bond donors (Lipinski definition) is 3. The summed E-state index contributed by atoms with van der Waals surface area (Å²) in [6, 6.07) is -0.0680. The molecule has 8 heteroatoms. The number of hydrazine groups is 1. The standard InChI is InChI=1S/C15H22N4O4/c1-4-10(5-2)17-13(21)14(22)19-18-12(20)11-8(3)16-15(23-11)9-6-7-9/h9-10H,4-7H2,1-3H3,(H,17,21)(H,18,20)(H,19,22). The number of hydrogen-bond acceptors (Lipinski definition) is 5. The lowest BCUT2D eigenvalue weighted by molar-refractivity contribution is -0.140. The Morgan fingerprint density at radius 2 is 1.83 bits per heavy atom. The summed E-state index contributed by atoms with van der Waals surface area (Å²) in [5.74, 6) is -1.46. The van der Waals surface area contributed by atoms with Gasteiger partial charge in [-0.3, -0.25) is 25.2 Å². The third-order valence-corrected chi connectivity index (χ3v) is 3.76. The van der Waals surface area contributed by atoms with Gasteiger partial charge in [-0.15, -0.1) is 0 Å². The summed E-state index contributed by atoms with van der Waals surface area (Å²) in [7, 11) is 0. The summed E-state index contributed by atoms with van der Waals surface area (Å²) >= 11 is 0. The Morgan fingerprint density at radius 1 is 1.17 bits per heavy atom.